The van der Waals surface area contributed by atoms with Gasteiger partial charge >= 0.3 is 5.97 Å². The van der Waals surface area contributed by atoms with Crippen LogP contribution < -0.4 is 11.1 Å². The van der Waals surface area contributed by atoms with E-state index in [2.05, 4.69) is 21.2 Å². The molecule has 0 amide bonds. The zero-order chi connectivity index (χ0) is 14.9. The second-order valence-corrected chi connectivity index (χ2v) is 5.45. The van der Waals surface area contributed by atoms with Crippen LogP contribution in [-0.4, -0.2) is 11.1 Å². The van der Waals surface area contributed by atoms with Gasteiger partial charge in [0, 0.05) is 21.5 Å². The average molecular weight is 335 g/mol. The highest BCUT2D eigenvalue weighted by molar-refractivity contribution is 9.10. The first kappa shape index (κ1) is 14.4. The van der Waals surface area contributed by atoms with Crippen LogP contribution >= 0.6 is 15.9 Å². The summed E-state index contributed by atoms with van der Waals surface area (Å²) < 4.78 is 0.994. The molecule has 4 nitrogen and oxygen atoms in total. The number of carbonyl (C=O) groups is 1. The molecule has 5 heteroatoms. The van der Waals surface area contributed by atoms with Gasteiger partial charge in [-0.25, -0.2) is 4.79 Å². The van der Waals surface area contributed by atoms with Crippen LogP contribution in [0.2, 0.25) is 0 Å². The lowest BCUT2D eigenvalue weighted by molar-refractivity contribution is 0.0698. The van der Waals surface area contributed by atoms with Crippen LogP contribution in [0.3, 0.4) is 0 Å². The Labute approximate surface area is 125 Å². The largest absolute Gasteiger partial charge is 0.478 e. The van der Waals surface area contributed by atoms with Gasteiger partial charge in [0.1, 0.15) is 0 Å². The van der Waals surface area contributed by atoms with Crippen molar-refractivity contribution >= 4 is 39.0 Å². The highest BCUT2D eigenvalue weighted by atomic mass is 79.9. The third kappa shape index (κ3) is 2.77. The van der Waals surface area contributed by atoms with Gasteiger partial charge in [-0.1, -0.05) is 22.0 Å². The van der Waals surface area contributed by atoms with Gasteiger partial charge in [0.05, 0.1) is 5.56 Å². The fraction of sp³-hybridized carbons (Fsp3) is 0.133. The van der Waals surface area contributed by atoms with Gasteiger partial charge in [-0.2, -0.15) is 0 Å². The lowest BCUT2D eigenvalue weighted by atomic mass is 10.1. The van der Waals surface area contributed by atoms with Crippen molar-refractivity contribution in [2.24, 2.45) is 0 Å². The second-order valence-electron chi connectivity index (χ2n) is 4.60. The van der Waals surface area contributed by atoms with Gasteiger partial charge in [0.2, 0.25) is 0 Å². The number of carboxylic acid groups (broad SMARTS) is 1. The number of hydrogen-bond acceptors (Lipinski definition) is 3. The van der Waals surface area contributed by atoms with Gasteiger partial charge in [-0.3, -0.25) is 0 Å². The van der Waals surface area contributed by atoms with Gasteiger partial charge in [0.15, 0.2) is 0 Å². The third-order valence-corrected chi connectivity index (χ3v) is 4.02. The lowest BCUT2D eigenvalue weighted by Crippen LogP contribution is -2.06. The number of carboxylic acids is 1. The highest BCUT2D eigenvalue weighted by Crippen LogP contribution is 2.29. The normalized spacial score (nSPS) is 10.3. The van der Waals surface area contributed by atoms with E-state index >= 15 is 0 Å². The Kier molecular flexibility index (Phi) is 3.99. The fourth-order valence-corrected chi connectivity index (χ4v) is 2.31. The molecule has 0 atom stereocenters. The van der Waals surface area contributed by atoms with E-state index in [-0.39, 0.29) is 5.56 Å². The molecule has 0 radical (unpaired) electrons. The summed E-state index contributed by atoms with van der Waals surface area (Å²) >= 11 is 3.47. The molecule has 20 heavy (non-hydrogen) atoms. The number of aryl methyl sites for hydroxylation is 1. The van der Waals surface area contributed by atoms with Crippen LogP contribution in [0, 0.1) is 13.8 Å². The monoisotopic (exact) mass is 334 g/mol. The highest BCUT2D eigenvalue weighted by Gasteiger charge is 2.12. The van der Waals surface area contributed by atoms with E-state index in [1.54, 1.807) is 13.0 Å². The minimum atomic E-state index is -1.03. The first-order chi connectivity index (χ1) is 9.40. The number of hydrogen-bond donors (Lipinski definition) is 3. The number of halogens is 1. The van der Waals surface area contributed by atoms with E-state index in [4.69, 9.17) is 10.8 Å². The molecule has 0 unspecified atom stereocenters. The van der Waals surface area contributed by atoms with Crippen molar-refractivity contribution in [1.82, 2.24) is 0 Å². The number of nitrogens with one attached hydrogen (secondary N) is 1. The molecule has 0 bridgehead atoms. The molecule has 0 saturated heterocycles. The first-order valence-electron chi connectivity index (χ1n) is 6.05. The SMILES string of the molecule is Cc1cc(Nc2cccc(Br)c2C)cc(C(=O)O)c1N. The first-order valence-corrected chi connectivity index (χ1v) is 6.85. The topological polar surface area (TPSA) is 75.3 Å². The Bertz CT molecular complexity index is 684. The molecular weight excluding hydrogens is 320 g/mol. The van der Waals surface area contributed by atoms with Crippen molar-refractivity contribution in [3.8, 4) is 0 Å². The smallest absolute Gasteiger partial charge is 0.337 e. The van der Waals surface area contributed by atoms with E-state index in [0.717, 1.165) is 21.3 Å². The Morgan fingerprint density at radius 2 is 2.00 bits per heavy atom. The molecule has 4 N–H and O–H groups in total. The Hall–Kier alpha value is -2.01. The fourth-order valence-electron chi connectivity index (χ4n) is 1.95. The molecule has 0 spiro atoms. The van der Waals surface area contributed by atoms with Crippen molar-refractivity contribution in [3.05, 3.63) is 51.5 Å². The molecule has 0 saturated carbocycles. The maximum absolute atomic E-state index is 11.2. The quantitative estimate of drug-likeness (QED) is 0.739. The van der Waals surface area contributed by atoms with Crippen molar-refractivity contribution in [2.75, 3.05) is 11.1 Å². The van der Waals surface area contributed by atoms with Crippen molar-refractivity contribution in [2.45, 2.75) is 13.8 Å². The zero-order valence-electron chi connectivity index (χ0n) is 11.2. The summed E-state index contributed by atoms with van der Waals surface area (Å²) in [6.45, 7) is 3.77. The standard InChI is InChI=1S/C15H15BrN2O2/c1-8-6-10(7-11(14(8)17)15(19)20)18-13-5-3-4-12(16)9(13)2/h3-7,18H,17H2,1-2H3,(H,19,20). The van der Waals surface area contributed by atoms with Crippen LogP contribution in [0.1, 0.15) is 21.5 Å². The van der Waals surface area contributed by atoms with Gasteiger partial charge < -0.3 is 16.2 Å². The predicted molar refractivity (Wildman–Crippen MR) is 84.7 cm³/mol. The molecule has 0 aliphatic carbocycles. The van der Waals surface area contributed by atoms with E-state index in [1.807, 2.05) is 31.2 Å². The molecule has 2 aromatic rings. The molecular formula is C15H15BrN2O2. The zero-order valence-corrected chi connectivity index (χ0v) is 12.8. The summed E-state index contributed by atoms with van der Waals surface area (Å²) in [6, 6.07) is 9.19. The summed E-state index contributed by atoms with van der Waals surface area (Å²) in [5, 5.41) is 12.4. The van der Waals surface area contributed by atoms with E-state index in [0.29, 0.717) is 11.4 Å². The number of benzene rings is 2. The molecule has 2 rings (SSSR count). The molecule has 0 fully saturated rings. The number of nitrogen functional groups attached to an aromatic ring is 1. The Balaban J connectivity index is 2.44. The summed E-state index contributed by atoms with van der Waals surface area (Å²) in [6.07, 6.45) is 0. The number of anilines is 3. The number of rotatable bonds is 3. The van der Waals surface area contributed by atoms with Gasteiger partial charge in [-0.05, 0) is 49.2 Å². The average Bonchev–Trinajstić information content (AvgIpc) is 2.38. The second kappa shape index (κ2) is 5.54. The van der Waals surface area contributed by atoms with E-state index < -0.39 is 5.97 Å². The summed E-state index contributed by atoms with van der Waals surface area (Å²) in [5.41, 5.74) is 9.61. The minimum Gasteiger partial charge on any atom is -0.478 e. The molecule has 2 aromatic carbocycles. The Morgan fingerprint density at radius 1 is 1.30 bits per heavy atom. The molecule has 0 aliphatic heterocycles. The van der Waals surface area contributed by atoms with Crippen LogP contribution in [0.15, 0.2) is 34.8 Å². The van der Waals surface area contributed by atoms with Crippen LogP contribution in [0.4, 0.5) is 17.1 Å². The number of nitrogens with two attached hydrogens (primary N) is 1. The van der Waals surface area contributed by atoms with Crippen LogP contribution in [0.5, 0.6) is 0 Å². The summed E-state index contributed by atoms with van der Waals surface area (Å²) in [4.78, 5) is 11.2. The lowest BCUT2D eigenvalue weighted by Gasteiger charge is -2.13. The van der Waals surface area contributed by atoms with Gasteiger partial charge in [0.25, 0.3) is 0 Å². The van der Waals surface area contributed by atoms with Crippen molar-refractivity contribution in [3.63, 3.8) is 0 Å². The molecule has 0 aromatic heterocycles. The van der Waals surface area contributed by atoms with Crippen LogP contribution in [-0.2, 0) is 0 Å². The molecule has 0 aliphatic rings. The van der Waals surface area contributed by atoms with E-state index in [9.17, 15) is 4.79 Å². The van der Waals surface area contributed by atoms with E-state index in [1.165, 1.54) is 0 Å². The maximum Gasteiger partial charge on any atom is 0.337 e. The summed E-state index contributed by atoms with van der Waals surface area (Å²) in [5.74, 6) is -1.03. The summed E-state index contributed by atoms with van der Waals surface area (Å²) in [7, 11) is 0. The third-order valence-electron chi connectivity index (χ3n) is 3.16. The molecule has 0 heterocycles. The number of aromatic carboxylic acids is 1. The van der Waals surface area contributed by atoms with Crippen molar-refractivity contribution < 1.29 is 9.90 Å². The predicted octanol–water partition coefficient (Wildman–Crippen LogP) is 4.09. The molecule has 104 valence electrons. The maximum atomic E-state index is 11.2. The van der Waals surface area contributed by atoms with Crippen molar-refractivity contribution in [1.29, 1.82) is 0 Å². The van der Waals surface area contributed by atoms with Crippen LogP contribution in [0.25, 0.3) is 0 Å². The Morgan fingerprint density at radius 3 is 2.65 bits per heavy atom. The minimum absolute atomic E-state index is 0.111. The van der Waals surface area contributed by atoms with Gasteiger partial charge in [-0.15, -0.1) is 0 Å².